The summed E-state index contributed by atoms with van der Waals surface area (Å²) in [6, 6.07) is 7.16. The third-order valence-corrected chi connectivity index (χ3v) is 2.91. The van der Waals surface area contributed by atoms with Crippen LogP contribution in [0.3, 0.4) is 0 Å². The molecule has 0 unspecified atom stereocenters. The maximum atomic E-state index is 5.23. The summed E-state index contributed by atoms with van der Waals surface area (Å²) in [7, 11) is 1.81. The van der Waals surface area contributed by atoms with Crippen molar-refractivity contribution in [1.82, 2.24) is 4.98 Å². The Morgan fingerprint density at radius 2 is 2.06 bits per heavy atom. The van der Waals surface area contributed by atoms with Crippen LogP contribution in [0.1, 0.15) is 22.4 Å². The molecule has 0 fully saturated rings. The van der Waals surface area contributed by atoms with Gasteiger partial charge in [-0.1, -0.05) is 23.8 Å². The predicted octanol–water partition coefficient (Wildman–Crippen LogP) is 3.12. The van der Waals surface area contributed by atoms with Crippen LogP contribution in [-0.2, 0) is 12.8 Å². The van der Waals surface area contributed by atoms with Gasteiger partial charge in [0.15, 0.2) is 0 Å². The lowest BCUT2D eigenvalue weighted by Gasteiger charge is -2.05. The van der Waals surface area contributed by atoms with Gasteiger partial charge in [-0.15, -0.1) is 0 Å². The Morgan fingerprint density at radius 1 is 1.24 bits per heavy atom. The summed E-state index contributed by atoms with van der Waals surface area (Å²) in [6.07, 6.45) is 3.63. The van der Waals surface area contributed by atoms with Crippen molar-refractivity contribution in [3.05, 3.63) is 46.8 Å². The van der Waals surface area contributed by atoms with Crippen LogP contribution in [0.15, 0.2) is 28.9 Å². The maximum Gasteiger partial charge on any atom is 0.294 e. The summed E-state index contributed by atoms with van der Waals surface area (Å²) in [5.41, 5.74) is 5.03. The maximum absolute atomic E-state index is 5.23. The van der Waals surface area contributed by atoms with Crippen LogP contribution in [0, 0.1) is 13.8 Å². The van der Waals surface area contributed by atoms with E-state index in [1.165, 1.54) is 16.7 Å². The van der Waals surface area contributed by atoms with Crippen molar-refractivity contribution >= 4 is 6.01 Å². The Hall–Kier alpha value is -1.77. The molecule has 0 aliphatic rings. The fourth-order valence-corrected chi connectivity index (χ4v) is 1.93. The lowest BCUT2D eigenvalue weighted by atomic mass is 10.0. The molecule has 2 aromatic rings. The van der Waals surface area contributed by atoms with Gasteiger partial charge in [-0.25, -0.2) is 0 Å². The van der Waals surface area contributed by atoms with Gasteiger partial charge in [0.05, 0.1) is 5.69 Å². The topological polar surface area (TPSA) is 38.1 Å². The minimum absolute atomic E-state index is 0.584. The fraction of sp³-hybridized carbons (Fsp3) is 0.357. The summed E-state index contributed by atoms with van der Waals surface area (Å²) in [6.45, 7) is 4.28. The molecule has 0 amide bonds. The normalized spacial score (nSPS) is 10.5. The number of rotatable bonds is 4. The molecular formula is C14H18N2O. The molecule has 1 N–H and O–H groups in total. The first-order valence-corrected chi connectivity index (χ1v) is 5.87. The summed E-state index contributed by atoms with van der Waals surface area (Å²) >= 11 is 0. The van der Waals surface area contributed by atoms with Crippen molar-refractivity contribution in [2.75, 3.05) is 12.4 Å². The molecule has 17 heavy (non-hydrogen) atoms. The summed E-state index contributed by atoms with van der Waals surface area (Å²) in [5.74, 6) is 0. The number of oxazole rings is 1. The van der Waals surface area contributed by atoms with Gasteiger partial charge in [0.25, 0.3) is 6.01 Å². The average molecular weight is 230 g/mol. The highest BCUT2D eigenvalue weighted by atomic mass is 16.4. The van der Waals surface area contributed by atoms with Crippen molar-refractivity contribution in [2.45, 2.75) is 26.7 Å². The number of aryl methyl sites for hydroxylation is 4. The zero-order chi connectivity index (χ0) is 12.3. The number of aromatic nitrogens is 1. The number of anilines is 1. The van der Waals surface area contributed by atoms with E-state index >= 15 is 0 Å². The van der Waals surface area contributed by atoms with Crippen molar-refractivity contribution in [3.8, 4) is 0 Å². The monoisotopic (exact) mass is 230 g/mol. The van der Waals surface area contributed by atoms with E-state index in [-0.39, 0.29) is 0 Å². The van der Waals surface area contributed by atoms with Crippen LogP contribution in [0.25, 0.3) is 0 Å². The van der Waals surface area contributed by atoms with E-state index in [1.807, 2.05) is 0 Å². The summed E-state index contributed by atoms with van der Waals surface area (Å²) < 4.78 is 5.23. The van der Waals surface area contributed by atoms with E-state index in [9.17, 15) is 0 Å². The zero-order valence-corrected chi connectivity index (χ0v) is 10.6. The smallest absolute Gasteiger partial charge is 0.294 e. The highest BCUT2D eigenvalue weighted by molar-refractivity contribution is 5.31. The molecule has 0 spiro atoms. The van der Waals surface area contributed by atoms with Gasteiger partial charge in [0, 0.05) is 7.05 Å². The van der Waals surface area contributed by atoms with E-state index in [4.69, 9.17) is 4.42 Å². The highest BCUT2D eigenvalue weighted by Crippen LogP contribution is 2.14. The predicted molar refractivity (Wildman–Crippen MR) is 69.4 cm³/mol. The molecule has 0 saturated carbocycles. The van der Waals surface area contributed by atoms with Gasteiger partial charge in [-0.2, -0.15) is 4.98 Å². The Labute approximate surface area is 102 Å². The molecule has 0 aliphatic heterocycles. The van der Waals surface area contributed by atoms with Crippen molar-refractivity contribution in [2.24, 2.45) is 0 Å². The second-order valence-electron chi connectivity index (χ2n) is 4.32. The Bertz CT molecular complexity index is 503. The molecule has 1 heterocycles. The molecule has 0 radical (unpaired) electrons. The molecule has 0 saturated heterocycles. The molecule has 90 valence electrons. The van der Waals surface area contributed by atoms with E-state index in [0.717, 1.165) is 18.5 Å². The van der Waals surface area contributed by atoms with Crippen LogP contribution in [-0.4, -0.2) is 12.0 Å². The third kappa shape index (κ3) is 2.87. The first-order chi connectivity index (χ1) is 8.19. The first kappa shape index (κ1) is 11.7. The van der Waals surface area contributed by atoms with Crippen molar-refractivity contribution in [1.29, 1.82) is 0 Å². The van der Waals surface area contributed by atoms with E-state index in [0.29, 0.717) is 6.01 Å². The molecule has 1 aromatic heterocycles. The van der Waals surface area contributed by atoms with Gasteiger partial charge in [0.2, 0.25) is 0 Å². The van der Waals surface area contributed by atoms with Crippen LogP contribution in [0.4, 0.5) is 6.01 Å². The number of benzene rings is 1. The standard InChI is InChI=1S/C14H18N2O/c1-10-4-5-12(11(2)8-10)6-7-13-9-17-14(15-3)16-13/h4-5,8-9H,6-7H2,1-3H3,(H,15,16). The Balaban J connectivity index is 2.02. The average Bonchev–Trinajstić information content (AvgIpc) is 2.76. The Kier molecular flexibility index (Phi) is 3.47. The minimum Gasteiger partial charge on any atom is -0.432 e. The zero-order valence-electron chi connectivity index (χ0n) is 10.6. The third-order valence-electron chi connectivity index (χ3n) is 2.91. The molecule has 0 bridgehead atoms. The lowest BCUT2D eigenvalue weighted by Crippen LogP contribution is -1.95. The molecule has 3 heteroatoms. The van der Waals surface area contributed by atoms with Gasteiger partial charge in [0.1, 0.15) is 6.26 Å². The molecule has 2 rings (SSSR count). The van der Waals surface area contributed by atoms with Crippen molar-refractivity contribution in [3.63, 3.8) is 0 Å². The van der Waals surface area contributed by atoms with Crippen LogP contribution < -0.4 is 5.32 Å². The SMILES string of the molecule is CNc1nc(CCc2ccc(C)cc2C)co1. The quantitative estimate of drug-likeness (QED) is 0.877. The second-order valence-corrected chi connectivity index (χ2v) is 4.32. The van der Waals surface area contributed by atoms with Gasteiger partial charge in [-0.05, 0) is 37.8 Å². The number of hydrogen-bond acceptors (Lipinski definition) is 3. The fourth-order valence-electron chi connectivity index (χ4n) is 1.93. The first-order valence-electron chi connectivity index (χ1n) is 5.87. The number of nitrogens with one attached hydrogen (secondary N) is 1. The summed E-state index contributed by atoms with van der Waals surface area (Å²) in [4.78, 5) is 4.31. The van der Waals surface area contributed by atoms with Crippen LogP contribution in [0.2, 0.25) is 0 Å². The molecule has 1 aromatic carbocycles. The molecule has 0 aliphatic carbocycles. The van der Waals surface area contributed by atoms with Gasteiger partial charge < -0.3 is 9.73 Å². The van der Waals surface area contributed by atoms with Crippen molar-refractivity contribution < 1.29 is 4.42 Å². The highest BCUT2D eigenvalue weighted by Gasteiger charge is 2.04. The Morgan fingerprint density at radius 3 is 2.71 bits per heavy atom. The molecule has 3 nitrogen and oxygen atoms in total. The minimum atomic E-state index is 0.584. The summed E-state index contributed by atoms with van der Waals surface area (Å²) in [5, 5.41) is 2.89. The van der Waals surface area contributed by atoms with E-state index in [1.54, 1.807) is 13.3 Å². The van der Waals surface area contributed by atoms with Crippen LogP contribution in [0.5, 0.6) is 0 Å². The molecule has 0 atom stereocenters. The second kappa shape index (κ2) is 5.04. The van der Waals surface area contributed by atoms with Gasteiger partial charge in [-0.3, -0.25) is 0 Å². The number of hydrogen-bond donors (Lipinski definition) is 1. The van der Waals surface area contributed by atoms with Crippen LogP contribution >= 0.6 is 0 Å². The largest absolute Gasteiger partial charge is 0.432 e. The lowest BCUT2D eigenvalue weighted by molar-refractivity contribution is 0.573. The van der Waals surface area contributed by atoms with E-state index < -0.39 is 0 Å². The van der Waals surface area contributed by atoms with Gasteiger partial charge >= 0.3 is 0 Å². The van der Waals surface area contributed by atoms with E-state index in [2.05, 4.69) is 42.3 Å². The number of nitrogens with zero attached hydrogens (tertiary/aromatic N) is 1. The molecular weight excluding hydrogens is 212 g/mol.